The van der Waals surface area contributed by atoms with Crippen LogP contribution in [0.5, 0.6) is 5.75 Å². The molecule has 0 bridgehead atoms. The third kappa shape index (κ3) is 3.90. The van der Waals surface area contributed by atoms with Gasteiger partial charge in [0, 0.05) is 0 Å². The lowest BCUT2D eigenvalue weighted by Crippen LogP contribution is -2.11. The van der Waals surface area contributed by atoms with Crippen LogP contribution < -0.4 is 4.74 Å². The Morgan fingerprint density at radius 1 is 1.22 bits per heavy atom. The molecular weight excluding hydrogens is 346 g/mol. The molecule has 7 nitrogen and oxygen atoms in total. The number of esters is 1. The molecule has 1 heterocycles. The first kappa shape index (κ1) is 18.0. The average molecular weight is 363 g/mol. The first-order valence-electron chi connectivity index (χ1n) is 8.30. The molecular formula is C20H17N3O4. The Bertz CT molecular complexity index is 1010. The molecule has 7 heteroatoms. The van der Waals surface area contributed by atoms with Crippen LogP contribution in [0.4, 0.5) is 0 Å². The molecule has 3 aromatic rings. The predicted molar refractivity (Wildman–Crippen MR) is 99.1 cm³/mol. The van der Waals surface area contributed by atoms with Gasteiger partial charge in [-0.2, -0.15) is 5.26 Å². The number of nitriles is 1. The molecule has 0 saturated heterocycles. The van der Waals surface area contributed by atoms with E-state index in [4.69, 9.17) is 9.47 Å². The molecule has 0 aliphatic heterocycles. The highest BCUT2D eigenvalue weighted by molar-refractivity contribution is 5.92. The molecule has 0 saturated carbocycles. The third-order valence-corrected chi connectivity index (χ3v) is 3.77. The van der Waals surface area contributed by atoms with Crippen LogP contribution in [0.15, 0.2) is 54.3 Å². The average Bonchev–Trinajstić information content (AvgIpc) is 3.11. The molecule has 3 rings (SSSR count). The van der Waals surface area contributed by atoms with Gasteiger partial charge in [0.25, 0.3) is 0 Å². The third-order valence-electron chi connectivity index (χ3n) is 3.77. The van der Waals surface area contributed by atoms with Crippen LogP contribution in [0.2, 0.25) is 0 Å². The van der Waals surface area contributed by atoms with Crippen LogP contribution in [-0.4, -0.2) is 34.3 Å². The van der Waals surface area contributed by atoms with Gasteiger partial charge in [0.05, 0.1) is 17.6 Å². The zero-order chi connectivity index (χ0) is 19.2. The van der Waals surface area contributed by atoms with Gasteiger partial charge in [-0.25, -0.2) is 9.78 Å². The number of allylic oxidation sites excluding steroid dienone is 1. The Kier molecular flexibility index (Phi) is 5.38. The number of aromatic nitrogens is 2. The zero-order valence-electron chi connectivity index (χ0n) is 14.6. The van der Waals surface area contributed by atoms with Gasteiger partial charge in [0.15, 0.2) is 11.6 Å². The zero-order valence-corrected chi connectivity index (χ0v) is 14.6. The van der Waals surface area contributed by atoms with Crippen molar-refractivity contribution in [2.75, 3.05) is 13.2 Å². The van der Waals surface area contributed by atoms with Gasteiger partial charge in [0.2, 0.25) is 0 Å². The highest BCUT2D eigenvalue weighted by Crippen LogP contribution is 2.21. The number of fused-ring (bicyclic) bond motifs is 1. The van der Waals surface area contributed by atoms with Crippen LogP contribution in [0, 0.1) is 11.3 Å². The lowest BCUT2D eigenvalue weighted by atomic mass is 10.2. The van der Waals surface area contributed by atoms with Gasteiger partial charge in [-0.1, -0.05) is 24.3 Å². The Labute approximate surface area is 155 Å². The Morgan fingerprint density at radius 3 is 2.70 bits per heavy atom. The number of carbonyl (C=O) groups is 1. The SMILES string of the molecule is CCOc1ccccc1C(=O)OCC(O)=C(C#N)c1nc2ccccc2[nH]1. The molecule has 0 aliphatic carbocycles. The monoisotopic (exact) mass is 363 g/mol. The second-order valence-electron chi connectivity index (χ2n) is 5.54. The molecule has 2 aromatic carbocycles. The van der Waals surface area contributed by atoms with Crippen molar-refractivity contribution in [2.24, 2.45) is 0 Å². The number of H-pyrrole nitrogens is 1. The Hall–Kier alpha value is -3.79. The largest absolute Gasteiger partial charge is 0.507 e. The van der Waals surface area contributed by atoms with Crippen molar-refractivity contribution in [1.29, 1.82) is 5.26 Å². The molecule has 0 spiro atoms. The van der Waals surface area contributed by atoms with Gasteiger partial charge >= 0.3 is 5.97 Å². The van der Waals surface area contributed by atoms with Crippen LogP contribution in [0.25, 0.3) is 16.6 Å². The molecule has 1 aromatic heterocycles. The summed E-state index contributed by atoms with van der Waals surface area (Å²) in [5, 5.41) is 19.6. The van der Waals surface area contributed by atoms with E-state index in [0.29, 0.717) is 17.9 Å². The van der Waals surface area contributed by atoms with E-state index in [-0.39, 0.29) is 17.0 Å². The van der Waals surface area contributed by atoms with Crippen LogP contribution in [-0.2, 0) is 4.74 Å². The summed E-state index contributed by atoms with van der Waals surface area (Å²) in [6, 6.07) is 15.8. The number of imidazole rings is 1. The second kappa shape index (κ2) is 8.06. The maximum Gasteiger partial charge on any atom is 0.342 e. The fourth-order valence-electron chi connectivity index (χ4n) is 2.53. The van der Waals surface area contributed by atoms with Crippen molar-refractivity contribution in [3.05, 3.63) is 65.7 Å². The smallest absolute Gasteiger partial charge is 0.342 e. The molecule has 0 fully saturated rings. The normalized spacial score (nSPS) is 11.6. The first-order valence-corrected chi connectivity index (χ1v) is 8.30. The number of rotatable bonds is 6. The van der Waals surface area contributed by atoms with E-state index in [0.717, 1.165) is 5.52 Å². The van der Waals surface area contributed by atoms with E-state index in [1.807, 2.05) is 31.2 Å². The number of aromatic amines is 1. The fourth-order valence-corrected chi connectivity index (χ4v) is 2.53. The fraction of sp³-hybridized carbons (Fsp3) is 0.150. The number of ether oxygens (including phenoxy) is 2. The number of aliphatic hydroxyl groups excluding tert-OH is 1. The van der Waals surface area contributed by atoms with E-state index < -0.39 is 18.3 Å². The summed E-state index contributed by atoms with van der Waals surface area (Å²) >= 11 is 0. The van der Waals surface area contributed by atoms with E-state index in [1.54, 1.807) is 30.3 Å². The van der Waals surface area contributed by atoms with E-state index >= 15 is 0 Å². The van der Waals surface area contributed by atoms with E-state index in [9.17, 15) is 15.2 Å². The molecule has 0 radical (unpaired) electrons. The summed E-state index contributed by atoms with van der Waals surface area (Å²) in [4.78, 5) is 19.5. The lowest BCUT2D eigenvalue weighted by Gasteiger charge is -2.10. The predicted octanol–water partition coefficient (Wildman–Crippen LogP) is 3.61. The van der Waals surface area contributed by atoms with Crippen molar-refractivity contribution in [2.45, 2.75) is 6.92 Å². The van der Waals surface area contributed by atoms with Crippen LogP contribution in [0.1, 0.15) is 23.1 Å². The number of carbonyl (C=O) groups excluding carboxylic acids is 1. The van der Waals surface area contributed by atoms with Gasteiger partial charge in [-0.15, -0.1) is 0 Å². The summed E-state index contributed by atoms with van der Waals surface area (Å²) in [6.07, 6.45) is 0. The molecule has 0 atom stereocenters. The van der Waals surface area contributed by atoms with Crippen molar-refractivity contribution in [3.8, 4) is 11.8 Å². The number of hydrogen-bond acceptors (Lipinski definition) is 6. The molecule has 2 N–H and O–H groups in total. The number of nitrogens with one attached hydrogen (secondary N) is 1. The first-order chi connectivity index (χ1) is 13.1. The summed E-state index contributed by atoms with van der Waals surface area (Å²) in [7, 11) is 0. The van der Waals surface area contributed by atoms with Crippen LogP contribution >= 0.6 is 0 Å². The topological polar surface area (TPSA) is 108 Å². The molecule has 0 amide bonds. The number of benzene rings is 2. The number of para-hydroxylation sites is 3. The maximum atomic E-state index is 12.3. The van der Waals surface area contributed by atoms with E-state index in [2.05, 4.69) is 9.97 Å². The number of hydrogen-bond donors (Lipinski definition) is 2. The van der Waals surface area contributed by atoms with Crippen LogP contribution in [0.3, 0.4) is 0 Å². The summed E-state index contributed by atoms with van der Waals surface area (Å²) < 4.78 is 10.5. The van der Waals surface area contributed by atoms with Gasteiger partial charge in [-0.3, -0.25) is 0 Å². The Morgan fingerprint density at radius 2 is 1.96 bits per heavy atom. The van der Waals surface area contributed by atoms with Crippen molar-refractivity contribution in [1.82, 2.24) is 9.97 Å². The highest BCUT2D eigenvalue weighted by atomic mass is 16.5. The van der Waals surface area contributed by atoms with Gasteiger partial charge in [0.1, 0.15) is 29.6 Å². The second-order valence-corrected chi connectivity index (χ2v) is 5.54. The molecule has 136 valence electrons. The minimum atomic E-state index is -0.660. The summed E-state index contributed by atoms with van der Waals surface area (Å²) in [5.74, 6) is -0.445. The van der Waals surface area contributed by atoms with Crippen molar-refractivity contribution >= 4 is 22.6 Å². The van der Waals surface area contributed by atoms with Crippen molar-refractivity contribution < 1.29 is 19.4 Å². The highest BCUT2D eigenvalue weighted by Gasteiger charge is 2.17. The maximum absolute atomic E-state index is 12.3. The molecule has 27 heavy (non-hydrogen) atoms. The van der Waals surface area contributed by atoms with E-state index in [1.165, 1.54) is 0 Å². The Balaban J connectivity index is 1.79. The van der Waals surface area contributed by atoms with Gasteiger partial charge < -0.3 is 19.6 Å². The summed E-state index contributed by atoms with van der Waals surface area (Å²) in [6.45, 7) is 1.75. The minimum absolute atomic E-state index is 0.0860. The minimum Gasteiger partial charge on any atom is -0.507 e. The number of nitrogens with zero attached hydrogens (tertiary/aromatic N) is 2. The van der Waals surface area contributed by atoms with Gasteiger partial charge in [-0.05, 0) is 31.2 Å². The summed E-state index contributed by atoms with van der Waals surface area (Å²) in [5.41, 5.74) is 1.55. The standard InChI is InChI=1S/C20H17N3O4/c1-2-26-18-10-6-3-7-13(18)20(25)27-12-17(24)14(11-21)19-22-15-8-4-5-9-16(15)23-19/h3-10,24H,2,12H2,1H3,(H,22,23). The quantitative estimate of drug-likeness (QED) is 0.393. The van der Waals surface area contributed by atoms with Crippen molar-refractivity contribution in [3.63, 3.8) is 0 Å². The lowest BCUT2D eigenvalue weighted by molar-refractivity contribution is 0.0498. The molecule has 0 unspecified atom stereocenters. The number of aliphatic hydroxyl groups is 1. The molecule has 0 aliphatic rings.